The zero-order valence-electron chi connectivity index (χ0n) is 36.1. The van der Waals surface area contributed by atoms with E-state index < -0.39 is 97.3 Å². The summed E-state index contributed by atoms with van der Waals surface area (Å²) >= 11 is 0. The van der Waals surface area contributed by atoms with Crippen molar-refractivity contribution in [1.29, 1.82) is 0 Å². The lowest BCUT2D eigenvalue weighted by Gasteiger charge is -2.56. The number of nitrogens with zero attached hydrogens (tertiary/aromatic N) is 4. The van der Waals surface area contributed by atoms with Gasteiger partial charge in [0.15, 0.2) is 34.4 Å². The van der Waals surface area contributed by atoms with Crippen molar-refractivity contribution < 1.29 is 68.3 Å². The van der Waals surface area contributed by atoms with Crippen LogP contribution in [0.4, 0.5) is 11.4 Å². The number of hydrogen-bond donors (Lipinski definition) is 6. The first-order valence-corrected chi connectivity index (χ1v) is 19.3. The van der Waals surface area contributed by atoms with Gasteiger partial charge in [0.1, 0.15) is 22.8 Å². The number of ketones is 2. The first kappa shape index (κ1) is 47.7. The number of fused-ring (bicyclic) bond motifs is 3. The van der Waals surface area contributed by atoms with Crippen LogP contribution in [0.25, 0.3) is 5.76 Å². The van der Waals surface area contributed by atoms with Crippen LogP contribution in [0.1, 0.15) is 55.0 Å². The summed E-state index contributed by atoms with van der Waals surface area (Å²) in [6, 6.07) is 8.02. The lowest BCUT2D eigenvalue weighted by molar-refractivity contribution is -0.386. The van der Waals surface area contributed by atoms with Gasteiger partial charge in [-0.1, -0.05) is 19.1 Å². The summed E-state index contributed by atoms with van der Waals surface area (Å²) in [5, 5.41) is 72.9. The zero-order chi connectivity index (χ0) is 47.9. The average Bonchev–Trinajstić information content (AvgIpc) is 3.25. The van der Waals surface area contributed by atoms with Crippen molar-refractivity contribution in [2.24, 2.45) is 28.5 Å². The van der Waals surface area contributed by atoms with Gasteiger partial charge >= 0.3 is 0 Å². The molecule has 1 fully saturated rings. The summed E-state index contributed by atoms with van der Waals surface area (Å²) in [7, 11) is 8.33. The van der Waals surface area contributed by atoms with Gasteiger partial charge in [0, 0.05) is 11.5 Å². The van der Waals surface area contributed by atoms with Crippen LogP contribution in [0.5, 0.6) is 28.7 Å². The summed E-state index contributed by atoms with van der Waals surface area (Å²) in [5.74, 6) is -3.47. The van der Waals surface area contributed by atoms with E-state index in [9.17, 15) is 50.2 Å². The molecule has 3 aliphatic rings. The van der Waals surface area contributed by atoms with Gasteiger partial charge in [-0.3, -0.25) is 39.5 Å². The van der Waals surface area contributed by atoms with Gasteiger partial charge in [-0.05, 0) is 57.6 Å². The molecule has 6 rings (SSSR count). The second-order valence-electron chi connectivity index (χ2n) is 15.2. The Bertz CT molecular complexity index is 2540. The summed E-state index contributed by atoms with van der Waals surface area (Å²) in [4.78, 5) is 64.8. The van der Waals surface area contributed by atoms with Crippen molar-refractivity contribution in [3.8, 4) is 28.7 Å². The molecule has 3 aromatic rings. The molecule has 22 heteroatoms. The molecular formula is C42H48N6O16. The van der Waals surface area contributed by atoms with E-state index in [1.807, 2.05) is 0 Å². The third-order valence-electron chi connectivity index (χ3n) is 11.8. The summed E-state index contributed by atoms with van der Waals surface area (Å²) in [5.41, 5.74) is 1.53. The molecular weight excluding hydrogens is 844 g/mol. The highest BCUT2D eigenvalue weighted by Crippen LogP contribution is 2.58. The van der Waals surface area contributed by atoms with Crippen molar-refractivity contribution >= 4 is 40.3 Å². The molecule has 0 bridgehead atoms. The zero-order valence-corrected chi connectivity index (χ0v) is 36.1. The summed E-state index contributed by atoms with van der Waals surface area (Å²) in [6.07, 6.45) is -3.20. The Morgan fingerprint density at radius 1 is 0.906 bits per heavy atom. The number of hydrogen-bond acceptors (Lipinski definition) is 19. The smallest absolute Gasteiger partial charge is 0.282 e. The molecule has 64 heavy (non-hydrogen) atoms. The van der Waals surface area contributed by atoms with Crippen LogP contribution in [0.15, 0.2) is 64.5 Å². The molecule has 22 nitrogen and oxygen atoms in total. The molecule has 0 aromatic heterocycles. The highest BCUT2D eigenvalue weighted by atomic mass is 16.6. The number of nitro benzene ring substituents is 2. The molecule has 0 saturated heterocycles. The van der Waals surface area contributed by atoms with Gasteiger partial charge in [-0.15, -0.1) is 0 Å². The van der Waals surface area contributed by atoms with E-state index in [0.717, 1.165) is 6.07 Å². The summed E-state index contributed by atoms with van der Waals surface area (Å²) < 4.78 is 27.0. The maximum Gasteiger partial charge on any atom is 0.282 e. The minimum atomic E-state index is -2.80. The van der Waals surface area contributed by atoms with E-state index in [1.54, 1.807) is 19.9 Å². The van der Waals surface area contributed by atoms with Crippen LogP contribution in [-0.2, 0) is 19.1 Å². The molecule has 1 saturated carbocycles. The van der Waals surface area contributed by atoms with Crippen molar-refractivity contribution in [1.82, 2.24) is 4.90 Å². The number of amides is 1. The number of ether oxygens (including phenoxy) is 5. The lowest BCUT2D eigenvalue weighted by atomic mass is 9.54. The number of methoxy groups -OCH3 is 4. The number of aromatic hydroxyl groups is 1. The molecule has 3 aromatic carbocycles. The van der Waals surface area contributed by atoms with E-state index >= 15 is 4.79 Å². The SMILES string of the molecule is COc1cc(/C(C)=N/N)c([N+](=O)[O-])cc1OC.COc1cc(C(C)O[C@@]23C(=O)C4=C(O)c5c(O)cccc5[C@@H](C)[C@@H]4[C@@H](O)[C@@H]2[C@@H](N(C)C)C(=O)C(C(N)=O)=C3O)c([N+](=O)[O-])cc1OC. The highest BCUT2D eigenvalue weighted by Gasteiger charge is 2.70. The van der Waals surface area contributed by atoms with Crippen LogP contribution in [-0.4, -0.2) is 119 Å². The number of Topliss-reactive ketones (excluding diaryl/α,β-unsaturated/α-hetero) is 2. The molecule has 8 N–H and O–H groups in total. The molecule has 1 unspecified atom stereocenters. The molecule has 3 aliphatic carbocycles. The number of phenols is 1. The Hall–Kier alpha value is -7.30. The van der Waals surface area contributed by atoms with Crippen molar-refractivity contribution in [2.45, 2.75) is 50.5 Å². The maximum absolute atomic E-state index is 15.0. The number of aliphatic hydroxyl groups is 3. The van der Waals surface area contributed by atoms with Crippen LogP contribution in [0, 0.1) is 32.1 Å². The highest BCUT2D eigenvalue weighted by molar-refractivity contribution is 6.24. The monoisotopic (exact) mass is 892 g/mol. The minimum Gasteiger partial charge on any atom is -0.508 e. The standard InChI is InChI=1S/C32H35N3O12.C10H13N3O4/c1-12-14-8-7-9-17(36)21(14)26(37)22-20(12)27(38)24-25(34(3)4)28(39)23(31(33)42)30(41)32(24,29(22)40)47-13(2)15-10-18(45-5)19(46-6)11-16(15)35(43)44;1-6(12-11)7-4-9(16-2)10(17-3)5-8(7)13(14)15/h7-13,20,24-25,27,36-38,41H,1-6H3,(H2,33,42);4-5H,11H2,1-3H3/b;12-6+/t12-,13?,20+,24+,25-,27-,32-;/m1./s1. The predicted molar refractivity (Wildman–Crippen MR) is 226 cm³/mol. The average molecular weight is 893 g/mol. The fraction of sp³-hybridized carbons (Fsp3) is 0.381. The molecule has 0 spiro atoms. The molecule has 0 radical (unpaired) electrons. The van der Waals surface area contributed by atoms with Crippen LogP contribution in [0.2, 0.25) is 0 Å². The minimum absolute atomic E-state index is 0.0117. The number of aliphatic hydroxyl groups excluding tert-OH is 3. The first-order valence-electron chi connectivity index (χ1n) is 19.3. The Morgan fingerprint density at radius 2 is 1.44 bits per heavy atom. The Morgan fingerprint density at radius 3 is 1.94 bits per heavy atom. The largest absolute Gasteiger partial charge is 0.508 e. The van der Waals surface area contributed by atoms with E-state index in [4.69, 9.17) is 35.3 Å². The third kappa shape index (κ3) is 7.64. The number of carbonyl (C=O) groups is 3. The predicted octanol–water partition coefficient (Wildman–Crippen LogP) is 3.50. The Kier molecular flexibility index (Phi) is 13.6. The van der Waals surface area contributed by atoms with E-state index in [0.29, 0.717) is 22.6 Å². The second kappa shape index (κ2) is 18.2. The van der Waals surface area contributed by atoms with Gasteiger partial charge < -0.3 is 55.7 Å². The fourth-order valence-electron chi connectivity index (χ4n) is 8.83. The number of nitrogens with two attached hydrogens (primary N) is 2. The Balaban J connectivity index is 0.000000381. The van der Waals surface area contributed by atoms with Gasteiger partial charge in [0.25, 0.3) is 17.3 Å². The number of nitro groups is 2. The molecule has 0 aliphatic heterocycles. The number of benzene rings is 3. The first-order chi connectivity index (χ1) is 30.1. The number of phenolic OH excluding ortho intramolecular Hbond substituents is 1. The number of likely N-dealkylation sites (N-methyl/N-ethyl adjacent to an activating group) is 1. The number of carbonyl (C=O) groups excluding carboxylic acids is 3. The lowest BCUT2D eigenvalue weighted by Crippen LogP contribution is -2.71. The molecule has 7 atom stereocenters. The van der Waals surface area contributed by atoms with Gasteiger partial charge in [-0.2, -0.15) is 5.10 Å². The van der Waals surface area contributed by atoms with Crippen molar-refractivity contribution in [3.05, 3.63) is 102 Å². The Labute approximate surface area is 365 Å². The topological polar surface area (TPSA) is 332 Å². The van der Waals surface area contributed by atoms with E-state index in [1.165, 1.54) is 84.7 Å². The molecule has 342 valence electrons. The maximum atomic E-state index is 15.0. The number of primary amides is 1. The second-order valence-corrected chi connectivity index (χ2v) is 15.2. The van der Waals surface area contributed by atoms with Gasteiger partial charge in [-0.25, -0.2) is 0 Å². The van der Waals surface area contributed by atoms with Crippen LogP contribution >= 0.6 is 0 Å². The normalized spacial score (nSPS) is 23.2. The van der Waals surface area contributed by atoms with E-state index in [2.05, 4.69) is 5.10 Å². The van der Waals surface area contributed by atoms with Crippen LogP contribution < -0.4 is 30.5 Å². The van der Waals surface area contributed by atoms with E-state index in [-0.39, 0.29) is 39.8 Å². The van der Waals surface area contributed by atoms with Crippen molar-refractivity contribution in [3.63, 3.8) is 0 Å². The van der Waals surface area contributed by atoms with Crippen LogP contribution in [0.3, 0.4) is 0 Å². The quantitative estimate of drug-likeness (QED) is 0.0498. The summed E-state index contributed by atoms with van der Waals surface area (Å²) in [6.45, 7) is 4.56. The third-order valence-corrected chi connectivity index (χ3v) is 11.8. The van der Waals surface area contributed by atoms with Crippen molar-refractivity contribution in [2.75, 3.05) is 42.5 Å². The molecule has 0 heterocycles. The van der Waals surface area contributed by atoms with Gasteiger partial charge in [0.05, 0.1) is 97.0 Å². The number of hydrazone groups is 1. The number of rotatable bonds is 12. The fourth-order valence-corrected chi connectivity index (χ4v) is 8.83. The molecule has 1 amide bonds. The van der Waals surface area contributed by atoms with Gasteiger partial charge in [0.2, 0.25) is 5.78 Å².